The number of aromatic nitrogens is 2. The van der Waals surface area contributed by atoms with Gasteiger partial charge in [0, 0.05) is 12.0 Å². The maximum Gasteiger partial charge on any atom is 0.307 e. The summed E-state index contributed by atoms with van der Waals surface area (Å²) in [5, 5.41) is 8.88. The lowest BCUT2D eigenvalue weighted by atomic mass is 10.3. The van der Waals surface area contributed by atoms with Crippen molar-refractivity contribution in [2.45, 2.75) is 12.3 Å². The van der Waals surface area contributed by atoms with E-state index >= 15 is 0 Å². The molecule has 5 heteroatoms. The number of benzene rings is 1. The van der Waals surface area contributed by atoms with Gasteiger partial charge in [0.25, 0.3) is 0 Å². The number of fused-ring (bicyclic) bond motifs is 1. The molecule has 1 fully saturated rings. The summed E-state index contributed by atoms with van der Waals surface area (Å²) in [6.07, 6.45) is 0.673. The van der Waals surface area contributed by atoms with Crippen molar-refractivity contribution in [3.63, 3.8) is 0 Å². The van der Waals surface area contributed by atoms with Crippen molar-refractivity contribution in [2.75, 3.05) is 7.11 Å². The number of methoxy groups -OCH3 is 1. The zero-order valence-corrected chi connectivity index (χ0v) is 9.30. The van der Waals surface area contributed by atoms with Gasteiger partial charge in [-0.15, -0.1) is 0 Å². The highest BCUT2D eigenvalue weighted by molar-refractivity contribution is 5.78. The highest BCUT2D eigenvalue weighted by Crippen LogP contribution is 2.46. The SMILES string of the molecule is COc1ccc2nc(C3CC3C(=O)O)[nH]c2c1. The van der Waals surface area contributed by atoms with Crippen molar-refractivity contribution in [3.8, 4) is 5.75 Å². The van der Waals surface area contributed by atoms with Crippen molar-refractivity contribution in [3.05, 3.63) is 24.0 Å². The van der Waals surface area contributed by atoms with Gasteiger partial charge in [0.05, 0.1) is 24.1 Å². The molecule has 3 rings (SSSR count). The Hall–Kier alpha value is -2.04. The minimum absolute atomic E-state index is 0.0332. The molecule has 1 aromatic carbocycles. The van der Waals surface area contributed by atoms with Gasteiger partial charge in [-0.3, -0.25) is 4.79 Å². The molecular formula is C12H12N2O3. The van der Waals surface area contributed by atoms with Gasteiger partial charge >= 0.3 is 5.97 Å². The van der Waals surface area contributed by atoms with Gasteiger partial charge < -0.3 is 14.8 Å². The molecule has 0 aliphatic heterocycles. The topological polar surface area (TPSA) is 75.2 Å². The van der Waals surface area contributed by atoms with Crippen molar-refractivity contribution < 1.29 is 14.6 Å². The molecule has 0 radical (unpaired) electrons. The Bertz CT molecular complexity index is 590. The molecule has 17 heavy (non-hydrogen) atoms. The quantitative estimate of drug-likeness (QED) is 0.845. The number of ether oxygens (including phenoxy) is 1. The fourth-order valence-electron chi connectivity index (χ4n) is 2.08. The second-order valence-electron chi connectivity index (χ2n) is 4.29. The van der Waals surface area contributed by atoms with Crippen LogP contribution in [0.2, 0.25) is 0 Å². The van der Waals surface area contributed by atoms with E-state index in [2.05, 4.69) is 9.97 Å². The molecule has 2 N–H and O–H groups in total. The van der Waals surface area contributed by atoms with Crippen molar-refractivity contribution >= 4 is 17.0 Å². The first-order valence-corrected chi connectivity index (χ1v) is 5.45. The summed E-state index contributed by atoms with van der Waals surface area (Å²) < 4.78 is 5.13. The zero-order valence-electron chi connectivity index (χ0n) is 9.30. The minimum Gasteiger partial charge on any atom is -0.497 e. The molecule has 0 spiro atoms. The Labute approximate surface area is 97.4 Å². The number of nitrogens with zero attached hydrogens (tertiary/aromatic N) is 1. The normalized spacial score (nSPS) is 22.6. The lowest BCUT2D eigenvalue weighted by Crippen LogP contribution is -1.99. The average molecular weight is 232 g/mol. The van der Waals surface area contributed by atoms with Gasteiger partial charge in [-0.05, 0) is 18.6 Å². The number of nitrogens with one attached hydrogen (secondary N) is 1. The fraction of sp³-hybridized carbons (Fsp3) is 0.333. The van der Waals surface area contributed by atoms with Gasteiger partial charge in [0.1, 0.15) is 11.6 Å². The summed E-state index contributed by atoms with van der Waals surface area (Å²) in [4.78, 5) is 18.4. The molecule has 1 aliphatic carbocycles. The lowest BCUT2D eigenvalue weighted by Gasteiger charge is -1.96. The van der Waals surface area contributed by atoms with Crippen LogP contribution in [0.3, 0.4) is 0 Å². The molecule has 2 atom stereocenters. The van der Waals surface area contributed by atoms with Crippen LogP contribution < -0.4 is 4.74 Å². The van der Waals surface area contributed by atoms with E-state index in [1.54, 1.807) is 7.11 Å². The van der Waals surface area contributed by atoms with E-state index in [1.807, 2.05) is 18.2 Å². The highest BCUT2D eigenvalue weighted by Gasteiger charge is 2.46. The van der Waals surface area contributed by atoms with Gasteiger partial charge in [-0.25, -0.2) is 4.98 Å². The molecule has 1 aromatic heterocycles. The molecule has 1 aliphatic rings. The van der Waals surface area contributed by atoms with Crippen molar-refractivity contribution in [2.24, 2.45) is 5.92 Å². The second kappa shape index (κ2) is 3.48. The van der Waals surface area contributed by atoms with Gasteiger partial charge in [-0.1, -0.05) is 0 Å². The van der Waals surface area contributed by atoms with Gasteiger partial charge in [0.15, 0.2) is 0 Å². The predicted molar refractivity (Wildman–Crippen MR) is 61.1 cm³/mol. The lowest BCUT2D eigenvalue weighted by molar-refractivity contribution is -0.138. The van der Waals surface area contributed by atoms with Crippen molar-refractivity contribution in [1.82, 2.24) is 9.97 Å². The van der Waals surface area contributed by atoms with E-state index in [-0.39, 0.29) is 11.8 Å². The minimum atomic E-state index is -0.743. The van der Waals surface area contributed by atoms with Crippen LogP contribution in [-0.4, -0.2) is 28.2 Å². The molecule has 2 unspecified atom stereocenters. The second-order valence-corrected chi connectivity index (χ2v) is 4.29. The molecule has 1 saturated carbocycles. The monoisotopic (exact) mass is 232 g/mol. The Morgan fingerprint density at radius 2 is 2.41 bits per heavy atom. The third-order valence-electron chi connectivity index (χ3n) is 3.17. The fourth-order valence-corrected chi connectivity index (χ4v) is 2.08. The molecule has 2 aromatic rings. The van der Waals surface area contributed by atoms with Crippen LogP contribution in [0.5, 0.6) is 5.75 Å². The average Bonchev–Trinajstić information content (AvgIpc) is 3.02. The van der Waals surface area contributed by atoms with E-state index in [4.69, 9.17) is 9.84 Å². The summed E-state index contributed by atoms with van der Waals surface area (Å²) in [7, 11) is 1.61. The Kier molecular flexibility index (Phi) is 2.07. The van der Waals surface area contributed by atoms with Crippen LogP contribution >= 0.6 is 0 Å². The molecule has 1 heterocycles. The zero-order chi connectivity index (χ0) is 12.0. The van der Waals surface area contributed by atoms with E-state index in [0.29, 0.717) is 6.42 Å². The van der Waals surface area contributed by atoms with Crippen LogP contribution in [0, 0.1) is 5.92 Å². The van der Waals surface area contributed by atoms with E-state index in [9.17, 15) is 4.79 Å². The molecule has 0 bridgehead atoms. The maximum atomic E-state index is 10.8. The Balaban J connectivity index is 1.95. The first-order valence-electron chi connectivity index (χ1n) is 5.45. The van der Waals surface area contributed by atoms with Crippen LogP contribution in [0.15, 0.2) is 18.2 Å². The summed E-state index contributed by atoms with van der Waals surface area (Å²) in [5.74, 6) is 0.537. The van der Waals surface area contributed by atoms with E-state index in [1.165, 1.54) is 0 Å². The van der Waals surface area contributed by atoms with Gasteiger partial charge in [-0.2, -0.15) is 0 Å². The molecule has 88 valence electrons. The number of rotatable bonds is 3. The number of imidazole rings is 1. The first kappa shape index (κ1) is 10.1. The Morgan fingerprint density at radius 3 is 3.06 bits per heavy atom. The number of H-pyrrole nitrogens is 1. The summed E-state index contributed by atoms with van der Waals surface area (Å²) >= 11 is 0. The van der Waals surface area contributed by atoms with Gasteiger partial charge in [0.2, 0.25) is 0 Å². The predicted octanol–water partition coefficient (Wildman–Crippen LogP) is 1.76. The smallest absolute Gasteiger partial charge is 0.307 e. The largest absolute Gasteiger partial charge is 0.497 e. The summed E-state index contributed by atoms with van der Waals surface area (Å²) in [6.45, 7) is 0. The van der Waals surface area contributed by atoms with Crippen LogP contribution in [0.4, 0.5) is 0 Å². The maximum absolute atomic E-state index is 10.8. The number of carboxylic acid groups (broad SMARTS) is 1. The van der Waals surface area contributed by atoms with E-state index in [0.717, 1.165) is 22.6 Å². The number of carbonyl (C=O) groups is 1. The molecular weight excluding hydrogens is 220 g/mol. The summed E-state index contributed by atoms with van der Waals surface area (Å²) in [5.41, 5.74) is 1.73. The molecule has 0 amide bonds. The standard InChI is InChI=1S/C12H12N2O3/c1-17-6-2-3-9-10(4-6)14-11(13-9)7-5-8(7)12(15)16/h2-4,7-8H,5H2,1H3,(H,13,14)(H,15,16). The number of aromatic amines is 1. The third kappa shape index (κ3) is 1.63. The van der Waals surface area contributed by atoms with E-state index < -0.39 is 5.97 Å². The van der Waals surface area contributed by atoms with Crippen molar-refractivity contribution in [1.29, 1.82) is 0 Å². The Morgan fingerprint density at radius 1 is 1.59 bits per heavy atom. The first-order chi connectivity index (χ1) is 8.19. The number of aliphatic carboxylic acids is 1. The third-order valence-corrected chi connectivity index (χ3v) is 3.17. The van der Waals surface area contributed by atoms with Crippen LogP contribution in [0.25, 0.3) is 11.0 Å². The number of hydrogen-bond acceptors (Lipinski definition) is 3. The number of carboxylic acids is 1. The molecule has 5 nitrogen and oxygen atoms in total. The summed E-state index contributed by atoms with van der Waals surface area (Å²) in [6, 6.07) is 5.57. The van der Waals surface area contributed by atoms with Crippen LogP contribution in [-0.2, 0) is 4.79 Å². The number of hydrogen-bond donors (Lipinski definition) is 2. The molecule has 0 saturated heterocycles. The highest BCUT2D eigenvalue weighted by atomic mass is 16.5. The van der Waals surface area contributed by atoms with Crippen LogP contribution in [0.1, 0.15) is 18.2 Å².